The Kier molecular flexibility index (Phi) is 9.23. The molecule has 0 aliphatic carbocycles. The van der Waals surface area contributed by atoms with E-state index in [4.69, 9.17) is 14.2 Å². The lowest BCUT2D eigenvalue weighted by Crippen LogP contribution is -2.46. The molecular formula is C29H37N3O6. The van der Waals surface area contributed by atoms with Crippen LogP contribution in [-0.2, 0) is 32.1 Å². The molecular weight excluding hydrogens is 486 g/mol. The molecule has 0 N–H and O–H groups in total. The van der Waals surface area contributed by atoms with Crippen LogP contribution in [0.2, 0.25) is 0 Å². The van der Waals surface area contributed by atoms with Crippen molar-refractivity contribution in [2.45, 2.75) is 32.9 Å². The highest BCUT2D eigenvalue weighted by Gasteiger charge is 2.36. The van der Waals surface area contributed by atoms with E-state index in [-0.39, 0.29) is 56.5 Å². The number of amides is 3. The maximum absolute atomic E-state index is 13.6. The molecule has 2 atom stereocenters. The van der Waals surface area contributed by atoms with Gasteiger partial charge in [-0.05, 0) is 49.6 Å². The summed E-state index contributed by atoms with van der Waals surface area (Å²) in [5.74, 6) is 0.743. The number of para-hydroxylation sites is 1. The Morgan fingerprint density at radius 3 is 2.50 bits per heavy atom. The summed E-state index contributed by atoms with van der Waals surface area (Å²) >= 11 is 0. The fraction of sp³-hybridized carbons (Fsp3) is 0.483. The molecule has 9 heteroatoms. The molecule has 0 spiro atoms. The number of methoxy groups -OCH3 is 1. The standard InChI is InChI=1S/C29H37N3O6/c1-4-30(5-2)28(34)20-37-25-16-31(15-21-10-12-24(36-3)13-11-21)27(33)18-32(17-25)29(35)23-14-22-8-6-7-9-26(22)38-19-23/h6-13,23,25H,4-5,14-20H2,1-3H3/t23-,25+/m1/s1. The Balaban J connectivity index is 1.49. The Hall–Kier alpha value is -3.59. The average molecular weight is 524 g/mol. The fourth-order valence-electron chi connectivity index (χ4n) is 4.96. The summed E-state index contributed by atoms with van der Waals surface area (Å²) in [6.07, 6.45) is 0.0567. The minimum absolute atomic E-state index is 0.0447. The van der Waals surface area contributed by atoms with E-state index in [0.717, 1.165) is 22.6 Å². The molecule has 1 saturated heterocycles. The summed E-state index contributed by atoms with van der Waals surface area (Å²) in [6.45, 7) is 6.04. The second kappa shape index (κ2) is 12.8. The van der Waals surface area contributed by atoms with E-state index in [0.29, 0.717) is 26.1 Å². The number of benzene rings is 2. The van der Waals surface area contributed by atoms with Gasteiger partial charge in [0.1, 0.15) is 24.7 Å². The summed E-state index contributed by atoms with van der Waals surface area (Å²) in [5.41, 5.74) is 1.92. The van der Waals surface area contributed by atoms with Gasteiger partial charge in [0.15, 0.2) is 0 Å². The topological polar surface area (TPSA) is 88.6 Å². The molecule has 2 heterocycles. The van der Waals surface area contributed by atoms with Crippen molar-refractivity contribution in [3.63, 3.8) is 0 Å². The fourth-order valence-corrected chi connectivity index (χ4v) is 4.96. The Morgan fingerprint density at radius 2 is 1.79 bits per heavy atom. The molecule has 0 saturated carbocycles. The normalized spacial score (nSPS) is 19.3. The minimum Gasteiger partial charge on any atom is -0.497 e. The summed E-state index contributed by atoms with van der Waals surface area (Å²) in [5, 5.41) is 0. The Labute approximate surface area is 224 Å². The summed E-state index contributed by atoms with van der Waals surface area (Å²) < 4.78 is 17.1. The van der Waals surface area contributed by atoms with Crippen molar-refractivity contribution in [1.29, 1.82) is 0 Å². The van der Waals surface area contributed by atoms with Crippen molar-refractivity contribution < 1.29 is 28.6 Å². The van der Waals surface area contributed by atoms with Crippen molar-refractivity contribution in [2.24, 2.45) is 5.92 Å². The van der Waals surface area contributed by atoms with Gasteiger partial charge in [0, 0.05) is 32.7 Å². The van der Waals surface area contributed by atoms with E-state index in [2.05, 4.69) is 0 Å². The zero-order valence-electron chi connectivity index (χ0n) is 22.4. The number of ether oxygens (including phenoxy) is 3. The molecule has 0 aromatic heterocycles. The molecule has 204 valence electrons. The monoisotopic (exact) mass is 523 g/mol. The van der Waals surface area contributed by atoms with Gasteiger partial charge in [0.2, 0.25) is 17.7 Å². The van der Waals surface area contributed by atoms with Crippen LogP contribution in [0.1, 0.15) is 25.0 Å². The molecule has 2 aromatic carbocycles. The van der Waals surface area contributed by atoms with Crippen LogP contribution in [0.25, 0.3) is 0 Å². The van der Waals surface area contributed by atoms with Crippen LogP contribution in [0.15, 0.2) is 48.5 Å². The van der Waals surface area contributed by atoms with Gasteiger partial charge in [-0.25, -0.2) is 0 Å². The predicted molar refractivity (Wildman–Crippen MR) is 142 cm³/mol. The third kappa shape index (κ3) is 6.64. The average Bonchev–Trinajstić information content (AvgIpc) is 3.10. The van der Waals surface area contributed by atoms with E-state index >= 15 is 0 Å². The van der Waals surface area contributed by atoms with Crippen molar-refractivity contribution in [3.8, 4) is 11.5 Å². The number of carbonyl (C=O) groups is 3. The number of likely N-dealkylation sites (N-methyl/N-ethyl adjacent to an activating group) is 1. The highest BCUT2D eigenvalue weighted by atomic mass is 16.5. The van der Waals surface area contributed by atoms with Crippen LogP contribution in [0.4, 0.5) is 0 Å². The number of carbonyl (C=O) groups excluding carboxylic acids is 3. The second-order valence-electron chi connectivity index (χ2n) is 9.66. The zero-order chi connectivity index (χ0) is 27.1. The maximum Gasteiger partial charge on any atom is 0.248 e. The third-order valence-corrected chi connectivity index (χ3v) is 7.16. The van der Waals surface area contributed by atoms with Crippen LogP contribution < -0.4 is 9.47 Å². The van der Waals surface area contributed by atoms with Crippen molar-refractivity contribution in [1.82, 2.24) is 14.7 Å². The van der Waals surface area contributed by atoms with E-state index in [1.165, 1.54) is 0 Å². The molecule has 9 nitrogen and oxygen atoms in total. The third-order valence-electron chi connectivity index (χ3n) is 7.16. The molecule has 2 aromatic rings. The van der Waals surface area contributed by atoms with Crippen LogP contribution >= 0.6 is 0 Å². The van der Waals surface area contributed by atoms with E-state index in [1.807, 2.05) is 62.4 Å². The highest BCUT2D eigenvalue weighted by molar-refractivity contribution is 5.87. The molecule has 38 heavy (non-hydrogen) atoms. The lowest BCUT2D eigenvalue weighted by atomic mass is 9.95. The van der Waals surface area contributed by atoms with Gasteiger partial charge in [-0.3, -0.25) is 14.4 Å². The quantitative estimate of drug-likeness (QED) is 0.502. The summed E-state index contributed by atoms with van der Waals surface area (Å²) in [7, 11) is 1.61. The van der Waals surface area contributed by atoms with Crippen LogP contribution in [-0.4, -0.2) is 91.6 Å². The van der Waals surface area contributed by atoms with Gasteiger partial charge in [-0.15, -0.1) is 0 Å². The largest absolute Gasteiger partial charge is 0.497 e. The Bertz CT molecular complexity index is 1120. The number of hydrogen-bond acceptors (Lipinski definition) is 6. The van der Waals surface area contributed by atoms with Gasteiger partial charge in [0.05, 0.1) is 25.7 Å². The lowest BCUT2D eigenvalue weighted by Gasteiger charge is -2.30. The first-order chi connectivity index (χ1) is 18.4. The Morgan fingerprint density at radius 1 is 1.05 bits per heavy atom. The molecule has 2 aliphatic heterocycles. The van der Waals surface area contributed by atoms with E-state index < -0.39 is 6.10 Å². The number of fused-ring (bicyclic) bond motifs is 1. The first-order valence-electron chi connectivity index (χ1n) is 13.2. The summed E-state index contributed by atoms with van der Waals surface area (Å²) in [4.78, 5) is 44.6. The first-order valence-corrected chi connectivity index (χ1v) is 13.2. The smallest absolute Gasteiger partial charge is 0.248 e. The summed E-state index contributed by atoms with van der Waals surface area (Å²) in [6, 6.07) is 15.2. The minimum atomic E-state index is -0.500. The van der Waals surface area contributed by atoms with Gasteiger partial charge in [-0.1, -0.05) is 30.3 Å². The molecule has 2 aliphatic rings. The molecule has 4 rings (SSSR count). The van der Waals surface area contributed by atoms with Gasteiger partial charge >= 0.3 is 0 Å². The van der Waals surface area contributed by atoms with E-state index in [1.54, 1.807) is 21.8 Å². The van der Waals surface area contributed by atoms with Gasteiger partial charge < -0.3 is 28.9 Å². The maximum atomic E-state index is 13.6. The van der Waals surface area contributed by atoms with Crippen LogP contribution in [0.5, 0.6) is 11.5 Å². The zero-order valence-corrected chi connectivity index (χ0v) is 22.4. The predicted octanol–water partition coefficient (Wildman–Crippen LogP) is 2.37. The SMILES string of the molecule is CCN(CC)C(=O)CO[C@H]1CN(Cc2ccc(OC)cc2)C(=O)CN(C(=O)[C@H]2COc3ccccc3C2)C1. The van der Waals surface area contributed by atoms with Gasteiger partial charge in [-0.2, -0.15) is 0 Å². The molecule has 0 bridgehead atoms. The first kappa shape index (κ1) is 27.4. The van der Waals surface area contributed by atoms with Crippen LogP contribution in [0.3, 0.4) is 0 Å². The van der Waals surface area contributed by atoms with Crippen molar-refractivity contribution in [2.75, 3.05) is 53.0 Å². The molecule has 0 radical (unpaired) electrons. The number of rotatable bonds is 9. The van der Waals surface area contributed by atoms with Crippen molar-refractivity contribution >= 4 is 17.7 Å². The lowest BCUT2D eigenvalue weighted by molar-refractivity contribution is -0.143. The second-order valence-corrected chi connectivity index (χ2v) is 9.66. The van der Waals surface area contributed by atoms with E-state index in [9.17, 15) is 14.4 Å². The molecule has 0 unspecified atom stereocenters. The van der Waals surface area contributed by atoms with Gasteiger partial charge in [0.25, 0.3) is 0 Å². The highest BCUT2D eigenvalue weighted by Crippen LogP contribution is 2.28. The van der Waals surface area contributed by atoms with Crippen LogP contribution in [0, 0.1) is 5.92 Å². The number of nitrogens with zero attached hydrogens (tertiary/aromatic N) is 3. The molecule has 3 amide bonds. The molecule has 1 fully saturated rings. The number of hydrogen-bond donors (Lipinski definition) is 0. The van der Waals surface area contributed by atoms with Crippen molar-refractivity contribution in [3.05, 3.63) is 59.7 Å².